The molecule has 0 bridgehead atoms. The molecule has 0 spiro atoms. The molecule has 0 heterocycles. The average molecular weight is 498 g/mol. The van der Waals surface area contributed by atoms with Crippen LogP contribution in [0.5, 0.6) is 5.75 Å². The van der Waals surface area contributed by atoms with Crippen molar-refractivity contribution in [1.29, 1.82) is 5.26 Å². The van der Waals surface area contributed by atoms with Crippen LogP contribution in [-0.4, -0.2) is 5.97 Å². The van der Waals surface area contributed by atoms with Gasteiger partial charge in [0, 0.05) is 12.1 Å². The Morgan fingerprint density at radius 3 is 2.36 bits per heavy atom. The molecule has 0 aliphatic heterocycles. The third kappa shape index (κ3) is 6.11. The van der Waals surface area contributed by atoms with Gasteiger partial charge in [-0.15, -0.1) is 0 Å². The number of hydrogen-bond acceptors (Lipinski definition) is 3. The first-order valence-corrected chi connectivity index (χ1v) is 13.3. The van der Waals surface area contributed by atoms with Crippen LogP contribution in [0.2, 0.25) is 0 Å². The van der Waals surface area contributed by atoms with Crippen molar-refractivity contribution in [3.05, 3.63) is 64.5 Å². The van der Waals surface area contributed by atoms with Crippen molar-refractivity contribution in [2.45, 2.75) is 83.5 Å². The summed E-state index contributed by atoms with van der Waals surface area (Å²) in [5.74, 6) is -1.61. The van der Waals surface area contributed by atoms with Gasteiger partial charge in [-0.2, -0.15) is 5.26 Å². The number of nitriles is 1. The van der Waals surface area contributed by atoms with Crippen LogP contribution in [0.3, 0.4) is 0 Å². The monoisotopic (exact) mass is 497 g/mol. The molecular weight excluding hydrogens is 463 g/mol. The fourth-order valence-corrected chi connectivity index (χ4v) is 6.26. The highest BCUT2D eigenvalue weighted by molar-refractivity contribution is 5.91. The normalized spacial score (nSPS) is 23.5. The molecule has 192 valence electrons. The number of unbranched alkanes of at least 4 members (excludes halogenated alkanes) is 3. The standard InChI is InChI=1S/C30H34F3NO2/c1-2-3-4-5-6-19-7-8-21-14-22(10-9-20(21)13-19)25-12-11-23(15-27(25)31)30(35)36-24-16-28(32)26(18-34)29(33)17-24/h11-12,15-17,19-22H,2-10,13-14H2,1H3. The van der Waals surface area contributed by atoms with Gasteiger partial charge in [-0.25, -0.2) is 18.0 Å². The molecule has 2 aliphatic rings. The maximum Gasteiger partial charge on any atom is 0.343 e. The zero-order chi connectivity index (χ0) is 25.7. The maximum atomic E-state index is 15.1. The van der Waals surface area contributed by atoms with Gasteiger partial charge < -0.3 is 4.74 Å². The van der Waals surface area contributed by atoms with Crippen LogP contribution in [0.15, 0.2) is 30.3 Å². The molecule has 4 unspecified atom stereocenters. The van der Waals surface area contributed by atoms with Crippen LogP contribution in [-0.2, 0) is 0 Å². The second kappa shape index (κ2) is 12.0. The lowest BCUT2D eigenvalue weighted by atomic mass is 9.63. The molecule has 0 radical (unpaired) electrons. The van der Waals surface area contributed by atoms with Gasteiger partial charge in [0.1, 0.15) is 34.8 Å². The predicted octanol–water partition coefficient (Wildman–Crippen LogP) is 8.47. The Labute approximate surface area is 211 Å². The van der Waals surface area contributed by atoms with Gasteiger partial charge in [-0.05, 0) is 73.5 Å². The van der Waals surface area contributed by atoms with E-state index in [1.54, 1.807) is 6.07 Å². The van der Waals surface area contributed by atoms with Gasteiger partial charge in [0.05, 0.1) is 5.56 Å². The van der Waals surface area contributed by atoms with Crippen LogP contribution in [0.25, 0.3) is 0 Å². The first-order chi connectivity index (χ1) is 17.4. The summed E-state index contributed by atoms with van der Waals surface area (Å²) in [7, 11) is 0. The van der Waals surface area contributed by atoms with E-state index in [-0.39, 0.29) is 17.2 Å². The molecule has 4 rings (SSSR count). The van der Waals surface area contributed by atoms with E-state index in [4.69, 9.17) is 10.00 Å². The largest absolute Gasteiger partial charge is 0.423 e. The zero-order valence-corrected chi connectivity index (χ0v) is 20.9. The summed E-state index contributed by atoms with van der Waals surface area (Å²) < 4.78 is 47.7. The summed E-state index contributed by atoms with van der Waals surface area (Å²) >= 11 is 0. The third-order valence-electron chi connectivity index (χ3n) is 8.20. The highest BCUT2D eigenvalue weighted by Gasteiger charge is 2.36. The van der Waals surface area contributed by atoms with Crippen LogP contribution in [0.1, 0.15) is 105 Å². The van der Waals surface area contributed by atoms with E-state index in [1.807, 2.05) is 0 Å². The number of rotatable bonds is 8. The summed E-state index contributed by atoms with van der Waals surface area (Å²) in [4.78, 5) is 12.5. The van der Waals surface area contributed by atoms with Gasteiger partial charge >= 0.3 is 5.97 Å². The topological polar surface area (TPSA) is 50.1 Å². The minimum absolute atomic E-state index is 0.0290. The quantitative estimate of drug-likeness (QED) is 0.209. The van der Waals surface area contributed by atoms with Gasteiger partial charge in [0.2, 0.25) is 0 Å². The molecular formula is C30H34F3NO2. The number of esters is 1. The molecule has 0 amide bonds. The van der Waals surface area contributed by atoms with Crippen molar-refractivity contribution in [3.63, 3.8) is 0 Å². The zero-order valence-electron chi connectivity index (χ0n) is 20.9. The van der Waals surface area contributed by atoms with E-state index in [9.17, 15) is 13.6 Å². The van der Waals surface area contributed by atoms with E-state index in [1.165, 1.54) is 63.5 Å². The Kier molecular flexibility index (Phi) is 8.72. The lowest BCUT2D eigenvalue weighted by Crippen LogP contribution is -2.30. The van der Waals surface area contributed by atoms with Crippen LogP contribution >= 0.6 is 0 Å². The SMILES string of the molecule is CCCCCCC1CCC2CC(c3ccc(C(=O)Oc4cc(F)c(C#N)c(F)c4)cc3F)CCC2C1. The van der Waals surface area contributed by atoms with Gasteiger partial charge in [0.25, 0.3) is 0 Å². The average Bonchev–Trinajstić information content (AvgIpc) is 2.86. The molecule has 0 N–H and O–H groups in total. The molecule has 4 atom stereocenters. The number of carbonyl (C=O) groups excluding carboxylic acids is 1. The molecule has 36 heavy (non-hydrogen) atoms. The van der Waals surface area contributed by atoms with Crippen molar-refractivity contribution < 1.29 is 22.7 Å². The number of carbonyl (C=O) groups is 1. The fourth-order valence-electron chi connectivity index (χ4n) is 6.26. The van der Waals surface area contributed by atoms with Crippen molar-refractivity contribution in [3.8, 4) is 11.8 Å². The number of fused-ring (bicyclic) bond motifs is 1. The van der Waals surface area contributed by atoms with Crippen molar-refractivity contribution in [2.24, 2.45) is 17.8 Å². The molecule has 0 aromatic heterocycles. The molecule has 2 aromatic carbocycles. The van der Waals surface area contributed by atoms with E-state index in [0.717, 1.165) is 49.3 Å². The number of benzene rings is 2. The van der Waals surface area contributed by atoms with Gasteiger partial charge in [-0.1, -0.05) is 51.5 Å². The molecule has 2 aromatic rings. The van der Waals surface area contributed by atoms with E-state index >= 15 is 4.39 Å². The van der Waals surface area contributed by atoms with Crippen molar-refractivity contribution in [2.75, 3.05) is 0 Å². The minimum Gasteiger partial charge on any atom is -0.423 e. The Hall–Kier alpha value is -2.81. The summed E-state index contributed by atoms with van der Waals surface area (Å²) in [5, 5.41) is 8.76. The lowest BCUT2D eigenvalue weighted by Gasteiger charge is -2.42. The summed E-state index contributed by atoms with van der Waals surface area (Å²) in [5.41, 5.74) is -0.152. The first kappa shape index (κ1) is 26.3. The van der Waals surface area contributed by atoms with Gasteiger partial charge in [0.15, 0.2) is 0 Å². The number of halogens is 3. The molecule has 2 saturated carbocycles. The lowest BCUT2D eigenvalue weighted by molar-refractivity contribution is 0.0733. The smallest absolute Gasteiger partial charge is 0.343 e. The molecule has 0 saturated heterocycles. The Bertz CT molecular complexity index is 1100. The van der Waals surface area contributed by atoms with Crippen molar-refractivity contribution >= 4 is 5.97 Å². The predicted molar refractivity (Wildman–Crippen MR) is 132 cm³/mol. The second-order valence-electron chi connectivity index (χ2n) is 10.6. The Balaban J connectivity index is 1.35. The Morgan fingerprint density at radius 2 is 1.67 bits per heavy atom. The molecule has 6 heteroatoms. The molecule has 2 fully saturated rings. The summed E-state index contributed by atoms with van der Waals surface area (Å²) in [6.07, 6.45) is 13.5. The molecule has 2 aliphatic carbocycles. The molecule has 3 nitrogen and oxygen atoms in total. The van der Waals surface area contributed by atoms with Crippen LogP contribution in [0.4, 0.5) is 13.2 Å². The third-order valence-corrected chi connectivity index (χ3v) is 8.20. The fraction of sp³-hybridized carbons (Fsp3) is 0.533. The van der Waals surface area contributed by atoms with E-state index < -0.39 is 29.0 Å². The second-order valence-corrected chi connectivity index (χ2v) is 10.6. The summed E-state index contributed by atoms with van der Waals surface area (Å²) in [6, 6.07) is 7.25. The van der Waals surface area contributed by atoms with E-state index in [0.29, 0.717) is 11.5 Å². The highest BCUT2D eigenvalue weighted by Crippen LogP contribution is 2.48. The first-order valence-electron chi connectivity index (χ1n) is 13.3. The van der Waals surface area contributed by atoms with Crippen LogP contribution < -0.4 is 4.74 Å². The van der Waals surface area contributed by atoms with Crippen LogP contribution in [0, 0.1) is 46.5 Å². The number of nitrogens with zero attached hydrogens (tertiary/aromatic N) is 1. The summed E-state index contributed by atoms with van der Waals surface area (Å²) in [6.45, 7) is 2.24. The van der Waals surface area contributed by atoms with E-state index in [2.05, 4.69) is 6.92 Å². The number of ether oxygens (including phenoxy) is 1. The highest BCUT2D eigenvalue weighted by atomic mass is 19.1. The maximum absolute atomic E-state index is 15.1. The number of hydrogen-bond donors (Lipinski definition) is 0. The van der Waals surface area contributed by atoms with Crippen molar-refractivity contribution in [1.82, 2.24) is 0 Å². The minimum atomic E-state index is -1.12. The Morgan fingerprint density at radius 1 is 0.944 bits per heavy atom. The van der Waals surface area contributed by atoms with Gasteiger partial charge in [-0.3, -0.25) is 0 Å².